The largest absolute Gasteiger partial charge is 0.378 e. The molecule has 0 spiro atoms. The Balaban J connectivity index is 1.76. The Labute approximate surface area is 195 Å². The van der Waals surface area contributed by atoms with E-state index in [0.29, 0.717) is 18.4 Å². The van der Waals surface area contributed by atoms with Gasteiger partial charge in [-0.1, -0.05) is 58.0 Å². The lowest BCUT2D eigenvalue weighted by atomic mass is 9.93. The second-order valence-electron chi connectivity index (χ2n) is 8.82. The fourth-order valence-electron chi connectivity index (χ4n) is 3.89. The maximum Gasteiger partial charge on any atom is 0.319 e. The third kappa shape index (κ3) is 5.53. The highest BCUT2D eigenvalue weighted by Crippen LogP contribution is 2.51. The predicted molar refractivity (Wildman–Crippen MR) is 139 cm³/mol. The number of hydrogen-bond donors (Lipinski definition) is 2. The molecule has 2 aromatic rings. The molecule has 1 saturated heterocycles. The average Bonchev–Trinajstić information content (AvgIpc) is 3.22. The number of carbonyl (C=O) groups is 1. The molecule has 0 unspecified atom stereocenters. The van der Waals surface area contributed by atoms with Crippen LogP contribution in [0.3, 0.4) is 0 Å². The molecule has 1 heterocycles. The molecule has 168 valence electrons. The minimum Gasteiger partial charge on any atom is -0.378 e. The van der Waals surface area contributed by atoms with E-state index in [2.05, 4.69) is 99.8 Å². The smallest absolute Gasteiger partial charge is 0.319 e. The van der Waals surface area contributed by atoms with Crippen LogP contribution in [-0.2, 0) is 4.08 Å². The molecule has 0 aromatic heterocycles. The van der Waals surface area contributed by atoms with Gasteiger partial charge in [0.05, 0.1) is 0 Å². The molecular weight excluding hydrogens is 422 g/mol. The molecule has 1 aliphatic rings. The lowest BCUT2D eigenvalue weighted by Crippen LogP contribution is -2.38. The molecular formula is C25H35N3OS2. The number of nitrogens with zero attached hydrogens (tertiary/aromatic N) is 1. The molecule has 2 aromatic carbocycles. The lowest BCUT2D eigenvalue weighted by molar-refractivity contribution is 0.252. The highest BCUT2D eigenvalue weighted by Gasteiger charge is 2.38. The van der Waals surface area contributed by atoms with Gasteiger partial charge in [0, 0.05) is 43.5 Å². The Morgan fingerprint density at radius 2 is 1.52 bits per heavy atom. The van der Waals surface area contributed by atoms with E-state index in [-0.39, 0.29) is 10.1 Å². The number of carbonyl (C=O) groups excluding carboxylic acids is 1. The summed E-state index contributed by atoms with van der Waals surface area (Å²) >= 11 is 3.86. The summed E-state index contributed by atoms with van der Waals surface area (Å²) in [6, 6.07) is 14.9. The lowest BCUT2D eigenvalue weighted by Gasteiger charge is -2.29. The Kier molecular flexibility index (Phi) is 7.87. The van der Waals surface area contributed by atoms with Gasteiger partial charge in [-0.25, -0.2) is 4.79 Å². The van der Waals surface area contributed by atoms with Gasteiger partial charge in [-0.15, -0.1) is 23.5 Å². The third-order valence-electron chi connectivity index (χ3n) is 5.67. The average molecular weight is 458 g/mol. The molecule has 0 aliphatic carbocycles. The van der Waals surface area contributed by atoms with Crippen molar-refractivity contribution in [2.45, 2.75) is 43.6 Å². The number of anilines is 2. The summed E-state index contributed by atoms with van der Waals surface area (Å²) in [7, 11) is 4.10. The van der Waals surface area contributed by atoms with Gasteiger partial charge in [0.2, 0.25) is 0 Å². The van der Waals surface area contributed by atoms with Crippen LogP contribution in [0.25, 0.3) is 0 Å². The van der Waals surface area contributed by atoms with E-state index in [9.17, 15) is 4.79 Å². The van der Waals surface area contributed by atoms with Crippen molar-refractivity contribution in [1.82, 2.24) is 5.32 Å². The monoisotopic (exact) mass is 457 g/mol. The van der Waals surface area contributed by atoms with Crippen LogP contribution in [0, 0.1) is 0 Å². The number of hydrogen-bond acceptors (Lipinski definition) is 4. The standard InChI is InChI=1S/C25H35N3OS2/c1-17(2)21-8-7-9-22(18(3)4)23(21)27-24(29)26-16-25(30-14-15-31-25)19-10-12-20(13-11-19)28(5)6/h7-13,17-18H,14-16H2,1-6H3,(H2,26,27,29). The van der Waals surface area contributed by atoms with Crippen molar-refractivity contribution in [2.75, 3.05) is 42.4 Å². The van der Waals surface area contributed by atoms with E-state index in [0.717, 1.165) is 17.2 Å². The molecule has 0 atom stereocenters. The number of rotatable bonds is 7. The Hall–Kier alpha value is -1.79. The maximum absolute atomic E-state index is 13.0. The Morgan fingerprint density at radius 1 is 0.968 bits per heavy atom. The van der Waals surface area contributed by atoms with E-state index in [1.165, 1.54) is 22.4 Å². The maximum atomic E-state index is 13.0. The van der Waals surface area contributed by atoms with Crippen molar-refractivity contribution in [3.8, 4) is 0 Å². The third-order valence-corrected chi connectivity index (χ3v) is 9.15. The van der Waals surface area contributed by atoms with Crippen molar-refractivity contribution >= 4 is 40.9 Å². The number of urea groups is 1. The summed E-state index contributed by atoms with van der Waals surface area (Å²) in [5.74, 6) is 2.88. The van der Waals surface area contributed by atoms with Gasteiger partial charge in [0.15, 0.2) is 0 Å². The minimum atomic E-state index is -0.138. The fourth-order valence-corrected chi connectivity index (χ4v) is 7.00. The van der Waals surface area contributed by atoms with Crippen molar-refractivity contribution in [1.29, 1.82) is 0 Å². The van der Waals surface area contributed by atoms with E-state index in [1.807, 2.05) is 23.5 Å². The van der Waals surface area contributed by atoms with E-state index in [4.69, 9.17) is 0 Å². The summed E-state index contributed by atoms with van der Waals surface area (Å²) in [5.41, 5.74) is 5.77. The summed E-state index contributed by atoms with van der Waals surface area (Å²) in [6.07, 6.45) is 0. The molecule has 2 amide bonds. The zero-order valence-corrected chi connectivity index (χ0v) is 21.1. The van der Waals surface area contributed by atoms with Crippen LogP contribution in [0.4, 0.5) is 16.2 Å². The molecule has 0 radical (unpaired) electrons. The number of amides is 2. The molecule has 0 bridgehead atoms. The second kappa shape index (κ2) is 10.2. The molecule has 1 aliphatic heterocycles. The zero-order chi connectivity index (χ0) is 22.6. The van der Waals surface area contributed by atoms with Gasteiger partial charge >= 0.3 is 6.03 Å². The Bertz CT molecular complexity index is 862. The molecule has 4 nitrogen and oxygen atoms in total. The van der Waals surface area contributed by atoms with Crippen LogP contribution < -0.4 is 15.5 Å². The van der Waals surface area contributed by atoms with Gasteiger partial charge in [0.25, 0.3) is 0 Å². The van der Waals surface area contributed by atoms with Crippen molar-refractivity contribution in [3.63, 3.8) is 0 Å². The first kappa shape index (κ1) is 23.9. The van der Waals surface area contributed by atoms with Gasteiger partial charge < -0.3 is 15.5 Å². The van der Waals surface area contributed by atoms with Crippen molar-refractivity contribution in [2.24, 2.45) is 0 Å². The van der Waals surface area contributed by atoms with Gasteiger partial charge in [-0.2, -0.15) is 0 Å². The van der Waals surface area contributed by atoms with Crippen LogP contribution in [0.1, 0.15) is 56.2 Å². The Morgan fingerprint density at radius 3 is 2.00 bits per heavy atom. The number of benzene rings is 2. The van der Waals surface area contributed by atoms with Crippen molar-refractivity contribution in [3.05, 3.63) is 59.2 Å². The molecule has 0 saturated carbocycles. The van der Waals surface area contributed by atoms with Gasteiger partial charge in [-0.3, -0.25) is 0 Å². The normalized spacial score (nSPS) is 15.4. The number of thioether (sulfide) groups is 2. The summed E-state index contributed by atoms with van der Waals surface area (Å²) < 4.78 is -0.138. The van der Waals surface area contributed by atoms with Crippen LogP contribution in [0.15, 0.2) is 42.5 Å². The van der Waals surface area contributed by atoms with Crippen LogP contribution in [0.2, 0.25) is 0 Å². The topological polar surface area (TPSA) is 44.4 Å². The first-order chi connectivity index (χ1) is 14.7. The summed E-state index contributed by atoms with van der Waals surface area (Å²) in [5, 5.41) is 6.36. The predicted octanol–water partition coefficient (Wildman–Crippen LogP) is 6.45. The molecule has 31 heavy (non-hydrogen) atoms. The second-order valence-corrected chi connectivity index (χ2v) is 11.9. The number of para-hydroxylation sites is 1. The van der Waals surface area contributed by atoms with Crippen LogP contribution >= 0.6 is 23.5 Å². The summed E-state index contributed by atoms with van der Waals surface area (Å²) in [6.45, 7) is 9.26. The number of nitrogens with one attached hydrogen (secondary N) is 2. The minimum absolute atomic E-state index is 0.132. The van der Waals surface area contributed by atoms with Crippen molar-refractivity contribution < 1.29 is 4.79 Å². The molecule has 3 rings (SSSR count). The molecule has 1 fully saturated rings. The highest BCUT2D eigenvalue weighted by atomic mass is 32.2. The first-order valence-corrected chi connectivity index (χ1v) is 12.9. The first-order valence-electron chi connectivity index (χ1n) is 11.0. The van der Waals surface area contributed by atoms with Gasteiger partial charge in [-0.05, 0) is 40.7 Å². The highest BCUT2D eigenvalue weighted by molar-refractivity contribution is 8.20. The van der Waals surface area contributed by atoms with E-state index in [1.54, 1.807) is 0 Å². The van der Waals surface area contributed by atoms with Gasteiger partial charge in [0.1, 0.15) is 4.08 Å². The molecule has 2 N–H and O–H groups in total. The zero-order valence-electron chi connectivity index (χ0n) is 19.5. The SMILES string of the molecule is CC(C)c1cccc(C(C)C)c1NC(=O)NCC1(c2ccc(N(C)C)cc2)SCCS1. The quantitative estimate of drug-likeness (QED) is 0.501. The fraction of sp³-hybridized carbons (Fsp3) is 0.480. The van der Waals surface area contributed by atoms with Crippen LogP contribution in [0.5, 0.6) is 0 Å². The molecule has 6 heteroatoms. The van der Waals surface area contributed by atoms with E-state index >= 15 is 0 Å². The summed E-state index contributed by atoms with van der Waals surface area (Å²) in [4.78, 5) is 15.1. The van der Waals surface area contributed by atoms with E-state index < -0.39 is 0 Å². The van der Waals surface area contributed by atoms with Crippen LogP contribution in [-0.4, -0.2) is 38.2 Å².